The molecule has 0 N–H and O–H groups in total. The van der Waals surface area contributed by atoms with E-state index in [1.165, 1.54) is 0 Å². The van der Waals surface area contributed by atoms with Gasteiger partial charge in [-0.25, -0.2) is 0 Å². The normalized spacial score (nSPS) is 17.6. The number of halogens is 2. The molecule has 1 saturated carbocycles. The van der Waals surface area contributed by atoms with Crippen molar-refractivity contribution in [2.45, 2.75) is 44.6 Å². The van der Waals surface area contributed by atoms with Crippen molar-refractivity contribution < 1.29 is 9.53 Å². The molecule has 1 aromatic carbocycles. The van der Waals surface area contributed by atoms with Crippen LogP contribution in [0.2, 0.25) is 5.02 Å². The summed E-state index contributed by atoms with van der Waals surface area (Å²) < 4.78 is 6.71. The van der Waals surface area contributed by atoms with E-state index in [2.05, 4.69) is 15.9 Å². The van der Waals surface area contributed by atoms with Crippen LogP contribution < -0.4 is 0 Å². The minimum absolute atomic E-state index is 0.163. The number of carbonyl (C=O) groups excluding carboxylic acids is 1. The Morgan fingerprint density at radius 1 is 1.42 bits per heavy atom. The number of ketones is 1. The minimum Gasteiger partial charge on any atom is -0.367 e. The van der Waals surface area contributed by atoms with E-state index in [0.29, 0.717) is 18.1 Å². The second kappa shape index (κ2) is 6.38. The lowest BCUT2D eigenvalue weighted by Gasteiger charge is -2.27. The number of ether oxygens (including phenoxy) is 1. The zero-order valence-corrected chi connectivity index (χ0v) is 13.4. The van der Waals surface area contributed by atoms with Crippen molar-refractivity contribution in [2.24, 2.45) is 0 Å². The van der Waals surface area contributed by atoms with Gasteiger partial charge in [-0.15, -0.1) is 0 Å². The Hall–Kier alpha value is -0.380. The van der Waals surface area contributed by atoms with E-state index >= 15 is 0 Å². The summed E-state index contributed by atoms with van der Waals surface area (Å²) in [6, 6.07) is 5.64. The molecule has 0 heterocycles. The van der Waals surface area contributed by atoms with E-state index in [0.717, 1.165) is 35.7 Å². The monoisotopic (exact) mass is 344 g/mol. The molecule has 0 aliphatic heterocycles. The molecule has 2 rings (SSSR count). The fraction of sp³-hybridized carbons (Fsp3) is 0.533. The van der Waals surface area contributed by atoms with Crippen LogP contribution in [0, 0.1) is 0 Å². The third-order valence-electron chi connectivity index (χ3n) is 3.71. The van der Waals surface area contributed by atoms with E-state index in [1.54, 1.807) is 0 Å². The summed E-state index contributed by atoms with van der Waals surface area (Å²) in [5.74, 6) is 0.163. The maximum Gasteiger partial charge on any atom is 0.169 e. The average Bonchev–Trinajstić information content (AvgIpc) is 2.83. The van der Waals surface area contributed by atoms with Crippen LogP contribution in [0.3, 0.4) is 0 Å². The van der Waals surface area contributed by atoms with Gasteiger partial charge in [0, 0.05) is 22.5 Å². The summed E-state index contributed by atoms with van der Waals surface area (Å²) in [7, 11) is 0. The van der Waals surface area contributed by atoms with Crippen molar-refractivity contribution in [3.05, 3.63) is 33.3 Å². The van der Waals surface area contributed by atoms with E-state index in [4.69, 9.17) is 16.3 Å². The highest BCUT2D eigenvalue weighted by molar-refractivity contribution is 9.10. The van der Waals surface area contributed by atoms with Crippen LogP contribution in [0.25, 0.3) is 0 Å². The molecule has 104 valence electrons. The van der Waals surface area contributed by atoms with E-state index in [9.17, 15) is 4.79 Å². The maximum absolute atomic E-state index is 12.6. The van der Waals surface area contributed by atoms with Gasteiger partial charge < -0.3 is 4.74 Å². The van der Waals surface area contributed by atoms with Crippen molar-refractivity contribution in [3.63, 3.8) is 0 Å². The van der Waals surface area contributed by atoms with Gasteiger partial charge in [0.25, 0.3) is 0 Å². The molecule has 0 spiro atoms. The lowest BCUT2D eigenvalue weighted by atomic mass is 9.91. The van der Waals surface area contributed by atoms with Crippen molar-refractivity contribution in [1.82, 2.24) is 0 Å². The molecule has 19 heavy (non-hydrogen) atoms. The van der Waals surface area contributed by atoms with Crippen LogP contribution >= 0.6 is 27.5 Å². The lowest BCUT2D eigenvalue weighted by molar-refractivity contribution is -0.142. The minimum atomic E-state index is -0.564. The summed E-state index contributed by atoms with van der Waals surface area (Å²) in [5, 5.41) is 0.632. The average molecular weight is 346 g/mol. The summed E-state index contributed by atoms with van der Waals surface area (Å²) in [4.78, 5) is 12.6. The molecule has 0 saturated heterocycles. The fourth-order valence-electron chi connectivity index (χ4n) is 2.73. The van der Waals surface area contributed by atoms with E-state index < -0.39 is 5.60 Å². The highest BCUT2D eigenvalue weighted by atomic mass is 79.9. The largest absolute Gasteiger partial charge is 0.367 e. The predicted molar refractivity (Wildman–Crippen MR) is 80.7 cm³/mol. The quantitative estimate of drug-likeness (QED) is 0.782. The number of Topliss-reactive ketones (excluding diaryl/α,β-unsaturated/α-hetero) is 1. The number of benzene rings is 1. The van der Waals surface area contributed by atoms with Gasteiger partial charge in [-0.1, -0.05) is 33.6 Å². The second-order valence-electron chi connectivity index (χ2n) is 4.97. The first-order chi connectivity index (χ1) is 9.07. The highest BCUT2D eigenvalue weighted by Crippen LogP contribution is 2.35. The zero-order valence-electron chi connectivity index (χ0n) is 11.0. The fourth-order valence-corrected chi connectivity index (χ4v) is 3.47. The Morgan fingerprint density at radius 3 is 2.68 bits per heavy atom. The molecular formula is C15H18BrClO2. The van der Waals surface area contributed by atoms with Gasteiger partial charge in [-0.3, -0.25) is 4.79 Å². The van der Waals surface area contributed by atoms with Crippen LogP contribution in [0.15, 0.2) is 22.7 Å². The van der Waals surface area contributed by atoms with Crippen molar-refractivity contribution >= 4 is 33.3 Å². The molecule has 0 aromatic heterocycles. The summed E-state index contributed by atoms with van der Waals surface area (Å²) in [5.41, 5.74) is 0.311. The van der Waals surface area contributed by atoms with Crippen LogP contribution in [0.4, 0.5) is 0 Å². The molecule has 4 heteroatoms. The highest BCUT2D eigenvalue weighted by Gasteiger charge is 2.41. The molecule has 0 radical (unpaired) electrons. The lowest BCUT2D eigenvalue weighted by Crippen LogP contribution is -2.40. The van der Waals surface area contributed by atoms with E-state index in [-0.39, 0.29) is 5.78 Å². The predicted octanol–water partition coefficient (Wildman–Crippen LogP) is 4.56. The molecule has 1 aliphatic rings. The van der Waals surface area contributed by atoms with Crippen molar-refractivity contribution in [1.29, 1.82) is 0 Å². The molecular weight excluding hydrogens is 328 g/mol. The van der Waals surface area contributed by atoms with Crippen LogP contribution in [-0.4, -0.2) is 18.0 Å². The number of rotatable bonds is 5. The van der Waals surface area contributed by atoms with Gasteiger partial charge in [0.2, 0.25) is 0 Å². The third-order valence-corrected chi connectivity index (χ3v) is 4.55. The van der Waals surface area contributed by atoms with Gasteiger partial charge >= 0.3 is 0 Å². The topological polar surface area (TPSA) is 26.3 Å². The number of carbonyl (C=O) groups is 1. The van der Waals surface area contributed by atoms with Crippen LogP contribution in [0.5, 0.6) is 0 Å². The molecule has 1 aromatic rings. The van der Waals surface area contributed by atoms with Gasteiger partial charge in [-0.05, 0) is 50.3 Å². The van der Waals surface area contributed by atoms with Crippen molar-refractivity contribution in [3.8, 4) is 0 Å². The zero-order chi connectivity index (χ0) is 13.9. The molecule has 1 fully saturated rings. The Kier molecular flexibility index (Phi) is 5.04. The molecule has 2 nitrogen and oxygen atoms in total. The first kappa shape index (κ1) is 15.0. The van der Waals surface area contributed by atoms with Crippen LogP contribution in [0.1, 0.15) is 38.2 Å². The van der Waals surface area contributed by atoms with Gasteiger partial charge in [0.1, 0.15) is 5.60 Å². The van der Waals surface area contributed by atoms with E-state index in [1.807, 2.05) is 25.1 Å². The molecule has 0 atom stereocenters. The van der Waals surface area contributed by atoms with Gasteiger partial charge in [-0.2, -0.15) is 0 Å². The Labute approximate surface area is 127 Å². The number of hydrogen-bond acceptors (Lipinski definition) is 2. The first-order valence-corrected chi connectivity index (χ1v) is 7.86. The third kappa shape index (κ3) is 3.39. The number of hydrogen-bond donors (Lipinski definition) is 0. The standard InChI is InChI=1S/C15H18BrClO2/c1-2-19-15(7-3-4-8-15)14(18)9-11-5-6-12(16)10-13(11)17/h5-6,10H,2-4,7-9H2,1H3. The summed E-state index contributed by atoms with van der Waals surface area (Å²) in [6.07, 6.45) is 4.17. The molecule has 0 amide bonds. The Bertz CT molecular complexity index is 467. The SMILES string of the molecule is CCOC1(C(=O)Cc2ccc(Br)cc2Cl)CCCC1. The molecule has 0 bridgehead atoms. The summed E-state index contributed by atoms with van der Waals surface area (Å²) in [6.45, 7) is 2.53. The summed E-state index contributed by atoms with van der Waals surface area (Å²) >= 11 is 9.55. The van der Waals surface area contributed by atoms with Gasteiger partial charge in [0.05, 0.1) is 0 Å². The Morgan fingerprint density at radius 2 is 2.11 bits per heavy atom. The Balaban J connectivity index is 2.15. The molecule has 1 aliphatic carbocycles. The first-order valence-electron chi connectivity index (χ1n) is 6.68. The van der Waals surface area contributed by atoms with Crippen LogP contribution in [-0.2, 0) is 16.0 Å². The molecule has 0 unspecified atom stereocenters. The second-order valence-corrected chi connectivity index (χ2v) is 6.29. The van der Waals surface area contributed by atoms with Gasteiger partial charge in [0.15, 0.2) is 5.78 Å². The maximum atomic E-state index is 12.6. The van der Waals surface area contributed by atoms with Crippen molar-refractivity contribution in [2.75, 3.05) is 6.61 Å². The smallest absolute Gasteiger partial charge is 0.169 e.